The van der Waals surface area contributed by atoms with Gasteiger partial charge in [0.25, 0.3) is 5.91 Å². The third kappa shape index (κ3) is 3.17. The molecule has 1 heterocycles. The molecule has 0 radical (unpaired) electrons. The quantitative estimate of drug-likeness (QED) is 0.883. The maximum atomic E-state index is 12.3. The normalized spacial score (nSPS) is 17.4. The summed E-state index contributed by atoms with van der Waals surface area (Å²) in [5.41, 5.74) is 0.258. The lowest BCUT2D eigenvalue weighted by Gasteiger charge is -2.37. The minimum atomic E-state index is -1.03. The summed E-state index contributed by atoms with van der Waals surface area (Å²) >= 11 is 0. The second kappa shape index (κ2) is 6.05. The molecule has 1 aromatic rings. The Morgan fingerprint density at radius 3 is 2.55 bits per heavy atom. The van der Waals surface area contributed by atoms with E-state index in [9.17, 15) is 9.59 Å². The van der Waals surface area contributed by atoms with E-state index in [0.29, 0.717) is 18.8 Å². The van der Waals surface area contributed by atoms with Crippen molar-refractivity contribution in [3.63, 3.8) is 0 Å². The first kappa shape index (κ1) is 14.5. The number of benzene rings is 1. The largest absolute Gasteiger partial charge is 0.478 e. The minimum absolute atomic E-state index is 0.121. The van der Waals surface area contributed by atoms with Gasteiger partial charge in [-0.1, -0.05) is 13.0 Å². The van der Waals surface area contributed by atoms with E-state index in [1.54, 1.807) is 12.1 Å². The van der Waals surface area contributed by atoms with Gasteiger partial charge < -0.3 is 15.2 Å². The molecule has 1 aromatic carbocycles. The van der Waals surface area contributed by atoms with Gasteiger partial charge in [0.05, 0.1) is 5.56 Å². The molecule has 5 nitrogen and oxygen atoms in total. The molecule has 20 heavy (non-hydrogen) atoms. The SMILES string of the molecule is CCC1(NC(=O)c2cccc(C(=O)O)c2)CCOCC1. The van der Waals surface area contributed by atoms with Gasteiger partial charge >= 0.3 is 5.97 Å². The fourth-order valence-corrected chi connectivity index (χ4v) is 2.44. The van der Waals surface area contributed by atoms with Crippen LogP contribution in [0.1, 0.15) is 46.9 Å². The Kier molecular flexibility index (Phi) is 4.39. The number of amides is 1. The van der Waals surface area contributed by atoms with Gasteiger partial charge in [-0.15, -0.1) is 0 Å². The van der Waals surface area contributed by atoms with Gasteiger partial charge in [0.15, 0.2) is 0 Å². The van der Waals surface area contributed by atoms with Crippen LogP contribution in [0.5, 0.6) is 0 Å². The van der Waals surface area contributed by atoms with Gasteiger partial charge in [-0.3, -0.25) is 4.79 Å². The average Bonchev–Trinajstić information content (AvgIpc) is 2.48. The molecule has 5 heteroatoms. The smallest absolute Gasteiger partial charge is 0.335 e. The first-order valence-electron chi connectivity index (χ1n) is 6.80. The summed E-state index contributed by atoms with van der Waals surface area (Å²) in [7, 11) is 0. The van der Waals surface area contributed by atoms with Crippen LogP contribution in [0.4, 0.5) is 0 Å². The molecular formula is C15H19NO4. The number of hydrogen-bond acceptors (Lipinski definition) is 3. The molecule has 2 N–H and O–H groups in total. The van der Waals surface area contributed by atoms with Crippen LogP contribution in [0.15, 0.2) is 24.3 Å². The lowest BCUT2D eigenvalue weighted by atomic mass is 9.87. The Morgan fingerprint density at radius 2 is 1.95 bits per heavy atom. The van der Waals surface area contributed by atoms with Crippen LogP contribution in [-0.4, -0.2) is 35.7 Å². The molecule has 0 atom stereocenters. The number of aromatic carboxylic acids is 1. The highest BCUT2D eigenvalue weighted by atomic mass is 16.5. The molecule has 1 aliphatic heterocycles. The Balaban J connectivity index is 2.14. The topological polar surface area (TPSA) is 75.6 Å². The van der Waals surface area contributed by atoms with E-state index in [1.165, 1.54) is 12.1 Å². The van der Waals surface area contributed by atoms with Crippen molar-refractivity contribution in [2.24, 2.45) is 0 Å². The second-order valence-corrected chi connectivity index (χ2v) is 5.09. The number of carbonyl (C=O) groups excluding carboxylic acids is 1. The van der Waals surface area contributed by atoms with E-state index in [4.69, 9.17) is 9.84 Å². The number of carboxylic acids is 1. The molecule has 0 unspecified atom stereocenters. The number of ether oxygens (including phenoxy) is 1. The molecule has 1 saturated heterocycles. The van der Waals surface area contributed by atoms with E-state index in [1.807, 2.05) is 6.92 Å². The van der Waals surface area contributed by atoms with Gasteiger partial charge in [0.2, 0.25) is 0 Å². The van der Waals surface area contributed by atoms with Crippen molar-refractivity contribution in [2.45, 2.75) is 31.7 Å². The number of carboxylic acid groups (broad SMARTS) is 1. The third-order valence-corrected chi connectivity index (χ3v) is 3.88. The summed E-state index contributed by atoms with van der Waals surface area (Å²) in [6, 6.07) is 6.09. The van der Waals surface area contributed by atoms with Crippen molar-refractivity contribution in [1.29, 1.82) is 0 Å². The Bertz CT molecular complexity index is 506. The van der Waals surface area contributed by atoms with E-state index >= 15 is 0 Å². The predicted octanol–water partition coefficient (Wildman–Crippen LogP) is 2.07. The predicted molar refractivity (Wildman–Crippen MR) is 73.9 cm³/mol. The van der Waals surface area contributed by atoms with Crippen LogP contribution in [0.2, 0.25) is 0 Å². The summed E-state index contributed by atoms with van der Waals surface area (Å²) in [4.78, 5) is 23.2. The highest BCUT2D eigenvalue weighted by molar-refractivity contribution is 5.97. The van der Waals surface area contributed by atoms with Crippen molar-refractivity contribution in [1.82, 2.24) is 5.32 Å². The number of hydrogen-bond donors (Lipinski definition) is 2. The van der Waals surface area contributed by atoms with Gasteiger partial charge in [-0.25, -0.2) is 4.79 Å². The highest BCUT2D eigenvalue weighted by Gasteiger charge is 2.32. The van der Waals surface area contributed by atoms with Crippen LogP contribution >= 0.6 is 0 Å². The summed E-state index contributed by atoms with van der Waals surface area (Å²) in [5.74, 6) is -1.26. The van der Waals surface area contributed by atoms with E-state index in [0.717, 1.165) is 19.3 Å². The number of carbonyl (C=O) groups is 2. The van der Waals surface area contributed by atoms with Crippen LogP contribution in [-0.2, 0) is 4.74 Å². The van der Waals surface area contributed by atoms with Crippen LogP contribution < -0.4 is 5.32 Å². The Labute approximate surface area is 117 Å². The molecule has 0 bridgehead atoms. The first-order valence-corrected chi connectivity index (χ1v) is 6.80. The summed E-state index contributed by atoms with van der Waals surface area (Å²) in [5, 5.41) is 12.0. The van der Waals surface area contributed by atoms with Gasteiger partial charge in [0.1, 0.15) is 0 Å². The van der Waals surface area contributed by atoms with Crippen LogP contribution in [0.3, 0.4) is 0 Å². The zero-order valence-electron chi connectivity index (χ0n) is 11.5. The maximum Gasteiger partial charge on any atom is 0.335 e. The monoisotopic (exact) mass is 277 g/mol. The highest BCUT2D eigenvalue weighted by Crippen LogP contribution is 2.24. The van der Waals surface area contributed by atoms with Crippen molar-refractivity contribution < 1.29 is 19.4 Å². The zero-order chi connectivity index (χ0) is 14.6. The Hall–Kier alpha value is -1.88. The third-order valence-electron chi connectivity index (χ3n) is 3.88. The Morgan fingerprint density at radius 1 is 1.30 bits per heavy atom. The molecule has 0 aliphatic carbocycles. The molecule has 0 spiro atoms. The second-order valence-electron chi connectivity index (χ2n) is 5.09. The van der Waals surface area contributed by atoms with Crippen molar-refractivity contribution >= 4 is 11.9 Å². The zero-order valence-corrected chi connectivity index (χ0v) is 11.5. The van der Waals surface area contributed by atoms with Crippen molar-refractivity contribution in [2.75, 3.05) is 13.2 Å². The summed E-state index contributed by atoms with van der Waals surface area (Å²) in [6.45, 7) is 3.33. The van der Waals surface area contributed by atoms with Crippen LogP contribution in [0, 0.1) is 0 Å². The molecule has 2 rings (SSSR count). The van der Waals surface area contributed by atoms with Gasteiger partial charge in [-0.2, -0.15) is 0 Å². The standard InChI is InChI=1S/C15H19NO4/c1-2-15(6-8-20-9-7-15)16-13(17)11-4-3-5-12(10-11)14(18)19/h3-5,10H,2,6-9H2,1H3,(H,16,17)(H,18,19). The number of rotatable bonds is 4. The lowest BCUT2D eigenvalue weighted by Crippen LogP contribution is -2.51. The molecule has 108 valence electrons. The average molecular weight is 277 g/mol. The summed E-state index contributed by atoms with van der Waals surface area (Å²) < 4.78 is 5.34. The minimum Gasteiger partial charge on any atom is -0.478 e. The molecule has 0 saturated carbocycles. The lowest BCUT2D eigenvalue weighted by molar-refractivity contribution is 0.0345. The van der Waals surface area contributed by atoms with Crippen molar-refractivity contribution in [3.8, 4) is 0 Å². The van der Waals surface area contributed by atoms with E-state index in [2.05, 4.69) is 5.32 Å². The molecular weight excluding hydrogens is 258 g/mol. The first-order chi connectivity index (χ1) is 9.56. The van der Waals surface area contributed by atoms with Gasteiger partial charge in [0, 0.05) is 24.3 Å². The summed E-state index contributed by atoms with van der Waals surface area (Å²) in [6.07, 6.45) is 2.41. The fraction of sp³-hybridized carbons (Fsp3) is 0.467. The maximum absolute atomic E-state index is 12.3. The molecule has 1 fully saturated rings. The van der Waals surface area contributed by atoms with Crippen molar-refractivity contribution in [3.05, 3.63) is 35.4 Å². The van der Waals surface area contributed by atoms with E-state index < -0.39 is 5.97 Å². The number of nitrogens with one attached hydrogen (secondary N) is 1. The fourth-order valence-electron chi connectivity index (χ4n) is 2.44. The molecule has 1 aliphatic rings. The van der Waals surface area contributed by atoms with E-state index in [-0.39, 0.29) is 17.0 Å². The molecule has 1 amide bonds. The van der Waals surface area contributed by atoms with Gasteiger partial charge in [-0.05, 0) is 37.5 Å². The molecule has 0 aromatic heterocycles. The van der Waals surface area contributed by atoms with Crippen LogP contribution in [0.25, 0.3) is 0 Å².